The monoisotopic (exact) mass is 336 g/mol. The predicted molar refractivity (Wildman–Crippen MR) is 106 cm³/mol. The lowest BCUT2D eigenvalue weighted by Gasteiger charge is -2.43. The lowest BCUT2D eigenvalue weighted by atomic mass is 9.83. The van der Waals surface area contributed by atoms with Crippen molar-refractivity contribution in [2.75, 3.05) is 32.7 Å². The number of nitrogens with zero attached hydrogens (tertiary/aromatic N) is 2. The molecule has 2 rings (SSSR count). The zero-order valence-electron chi connectivity index (χ0n) is 17.7. The third kappa shape index (κ3) is 6.67. The molecule has 3 atom stereocenters. The number of hydrogen-bond donors (Lipinski definition) is 0. The molecule has 2 heteroatoms. The largest absolute Gasteiger partial charge is 0.301 e. The maximum Gasteiger partial charge on any atom is 0.0126 e. The van der Waals surface area contributed by atoms with Crippen molar-refractivity contribution in [1.82, 2.24) is 9.80 Å². The number of rotatable bonds is 5. The van der Waals surface area contributed by atoms with E-state index < -0.39 is 0 Å². The van der Waals surface area contributed by atoms with Gasteiger partial charge in [-0.15, -0.1) is 0 Å². The Hall–Kier alpha value is -0.0800. The van der Waals surface area contributed by atoms with Crippen molar-refractivity contribution in [3.05, 3.63) is 0 Å². The Balaban J connectivity index is 1.67. The van der Waals surface area contributed by atoms with Crippen LogP contribution in [0.15, 0.2) is 0 Å². The molecule has 1 aliphatic carbocycles. The molecule has 0 radical (unpaired) electrons. The fourth-order valence-electron chi connectivity index (χ4n) is 5.13. The SMILES string of the molecule is CC(CC1CCC(CC(C)(C)C)C1)CN1CCN(C(C)(C)C)CC1. The Morgan fingerprint density at radius 2 is 1.46 bits per heavy atom. The van der Waals surface area contributed by atoms with E-state index in [1.54, 1.807) is 0 Å². The first-order valence-corrected chi connectivity index (χ1v) is 10.5. The molecule has 1 saturated heterocycles. The lowest BCUT2D eigenvalue weighted by Crippen LogP contribution is -2.53. The molecule has 3 unspecified atom stereocenters. The fourth-order valence-corrected chi connectivity index (χ4v) is 5.13. The summed E-state index contributed by atoms with van der Waals surface area (Å²) in [5.74, 6) is 2.87. The van der Waals surface area contributed by atoms with Gasteiger partial charge in [-0.3, -0.25) is 4.90 Å². The van der Waals surface area contributed by atoms with E-state index in [9.17, 15) is 0 Å². The molecule has 2 aliphatic rings. The summed E-state index contributed by atoms with van der Waals surface area (Å²) in [7, 11) is 0. The van der Waals surface area contributed by atoms with Crippen LogP contribution in [-0.2, 0) is 0 Å². The van der Waals surface area contributed by atoms with Crippen molar-refractivity contribution in [1.29, 1.82) is 0 Å². The minimum absolute atomic E-state index is 0.337. The molecule has 0 bridgehead atoms. The quantitative estimate of drug-likeness (QED) is 0.674. The van der Waals surface area contributed by atoms with Gasteiger partial charge in [-0.05, 0) is 63.2 Å². The molecular weight excluding hydrogens is 292 g/mol. The molecule has 1 heterocycles. The summed E-state index contributed by atoms with van der Waals surface area (Å²) < 4.78 is 0. The highest BCUT2D eigenvalue weighted by molar-refractivity contribution is 4.84. The first-order chi connectivity index (χ1) is 11.0. The molecule has 1 aliphatic heterocycles. The minimum Gasteiger partial charge on any atom is -0.301 e. The summed E-state index contributed by atoms with van der Waals surface area (Å²) in [6.45, 7) is 23.1. The predicted octanol–water partition coefficient (Wildman–Crippen LogP) is 5.28. The molecule has 1 saturated carbocycles. The molecule has 0 aromatic carbocycles. The normalized spacial score (nSPS) is 29.1. The summed E-state index contributed by atoms with van der Waals surface area (Å²) in [6, 6.07) is 0. The average molecular weight is 337 g/mol. The van der Waals surface area contributed by atoms with E-state index in [0.29, 0.717) is 11.0 Å². The third-order valence-corrected chi connectivity index (χ3v) is 6.18. The molecular formula is C22H44N2. The summed E-state index contributed by atoms with van der Waals surface area (Å²) in [5, 5.41) is 0. The fraction of sp³-hybridized carbons (Fsp3) is 1.00. The van der Waals surface area contributed by atoms with E-state index in [0.717, 1.165) is 17.8 Å². The summed E-state index contributed by atoms with van der Waals surface area (Å²) >= 11 is 0. The van der Waals surface area contributed by atoms with Crippen LogP contribution in [0, 0.1) is 23.2 Å². The average Bonchev–Trinajstić information content (AvgIpc) is 2.82. The van der Waals surface area contributed by atoms with Crippen molar-refractivity contribution in [3.63, 3.8) is 0 Å². The summed E-state index contributed by atoms with van der Waals surface area (Å²) in [6.07, 6.45) is 7.36. The number of piperazine rings is 1. The van der Waals surface area contributed by atoms with Crippen LogP contribution in [0.1, 0.15) is 80.6 Å². The molecule has 0 amide bonds. The summed E-state index contributed by atoms with van der Waals surface area (Å²) in [5.41, 5.74) is 0.849. The van der Waals surface area contributed by atoms with E-state index >= 15 is 0 Å². The van der Waals surface area contributed by atoms with Gasteiger partial charge in [0.25, 0.3) is 0 Å². The van der Waals surface area contributed by atoms with Crippen LogP contribution in [0.5, 0.6) is 0 Å². The van der Waals surface area contributed by atoms with Crippen molar-refractivity contribution in [3.8, 4) is 0 Å². The van der Waals surface area contributed by atoms with Crippen molar-refractivity contribution in [2.45, 2.75) is 86.1 Å². The molecule has 0 N–H and O–H groups in total. The van der Waals surface area contributed by atoms with Gasteiger partial charge in [0.05, 0.1) is 0 Å². The minimum atomic E-state index is 0.337. The second-order valence-corrected chi connectivity index (χ2v) is 11.1. The van der Waals surface area contributed by atoms with Crippen molar-refractivity contribution in [2.24, 2.45) is 23.2 Å². The molecule has 0 aromatic rings. The molecule has 0 aromatic heterocycles. The smallest absolute Gasteiger partial charge is 0.0126 e. The van der Waals surface area contributed by atoms with Gasteiger partial charge in [0.1, 0.15) is 0 Å². The molecule has 142 valence electrons. The van der Waals surface area contributed by atoms with Crippen LogP contribution in [0.3, 0.4) is 0 Å². The van der Waals surface area contributed by atoms with Crippen LogP contribution in [0.2, 0.25) is 0 Å². The standard InChI is InChI=1S/C22H44N2/c1-18(14-19-8-9-20(15-19)16-21(2,3)4)17-23-10-12-24(13-11-23)22(5,6)7/h18-20H,8-17H2,1-7H3. The van der Waals surface area contributed by atoms with E-state index in [4.69, 9.17) is 0 Å². The van der Waals surface area contributed by atoms with E-state index in [1.165, 1.54) is 64.8 Å². The van der Waals surface area contributed by atoms with Crippen LogP contribution < -0.4 is 0 Å². The second-order valence-electron chi connectivity index (χ2n) is 11.1. The van der Waals surface area contributed by atoms with E-state index in [2.05, 4.69) is 58.3 Å². The third-order valence-electron chi connectivity index (χ3n) is 6.18. The summed E-state index contributed by atoms with van der Waals surface area (Å²) in [4.78, 5) is 5.36. The lowest BCUT2D eigenvalue weighted by molar-refractivity contribution is 0.0547. The Morgan fingerprint density at radius 1 is 0.875 bits per heavy atom. The van der Waals surface area contributed by atoms with Crippen LogP contribution >= 0.6 is 0 Å². The van der Waals surface area contributed by atoms with Gasteiger partial charge in [-0.1, -0.05) is 40.5 Å². The van der Waals surface area contributed by atoms with Crippen molar-refractivity contribution >= 4 is 0 Å². The first kappa shape index (κ1) is 20.2. The highest BCUT2D eigenvalue weighted by atomic mass is 15.3. The Labute approximate surface area is 152 Å². The van der Waals surface area contributed by atoms with Gasteiger partial charge in [0.2, 0.25) is 0 Å². The van der Waals surface area contributed by atoms with Crippen molar-refractivity contribution < 1.29 is 0 Å². The molecule has 0 spiro atoms. The zero-order valence-corrected chi connectivity index (χ0v) is 17.7. The van der Waals surface area contributed by atoms with Crippen LogP contribution in [0.25, 0.3) is 0 Å². The topological polar surface area (TPSA) is 6.48 Å². The first-order valence-electron chi connectivity index (χ1n) is 10.5. The maximum atomic E-state index is 2.72. The van der Waals surface area contributed by atoms with Crippen LogP contribution in [0.4, 0.5) is 0 Å². The molecule has 2 fully saturated rings. The number of hydrogen-bond acceptors (Lipinski definition) is 2. The molecule has 24 heavy (non-hydrogen) atoms. The van der Waals surface area contributed by atoms with Gasteiger partial charge in [-0.2, -0.15) is 0 Å². The zero-order chi connectivity index (χ0) is 18.0. The molecule has 2 nitrogen and oxygen atoms in total. The maximum absolute atomic E-state index is 2.72. The highest BCUT2D eigenvalue weighted by Gasteiger charge is 2.30. The Morgan fingerprint density at radius 3 is 2.00 bits per heavy atom. The highest BCUT2D eigenvalue weighted by Crippen LogP contribution is 2.40. The van der Waals surface area contributed by atoms with Gasteiger partial charge >= 0.3 is 0 Å². The van der Waals surface area contributed by atoms with Gasteiger partial charge in [-0.25, -0.2) is 0 Å². The van der Waals surface area contributed by atoms with Gasteiger partial charge in [0.15, 0.2) is 0 Å². The Bertz CT molecular complexity index is 364. The van der Waals surface area contributed by atoms with Crippen LogP contribution in [-0.4, -0.2) is 48.1 Å². The van der Waals surface area contributed by atoms with E-state index in [1.807, 2.05) is 0 Å². The second kappa shape index (κ2) is 8.08. The van der Waals surface area contributed by atoms with E-state index in [-0.39, 0.29) is 0 Å². The van der Waals surface area contributed by atoms with Gasteiger partial charge < -0.3 is 4.90 Å². The Kier molecular flexibility index (Phi) is 6.81. The van der Waals surface area contributed by atoms with Gasteiger partial charge in [0, 0.05) is 38.3 Å².